The van der Waals surface area contributed by atoms with Gasteiger partial charge in [0.15, 0.2) is 5.78 Å². The van der Waals surface area contributed by atoms with E-state index in [4.69, 9.17) is 0 Å². The lowest BCUT2D eigenvalue weighted by atomic mass is 10.2. The van der Waals surface area contributed by atoms with E-state index in [-0.39, 0.29) is 11.5 Å². The molecule has 0 N–H and O–H groups in total. The van der Waals surface area contributed by atoms with Gasteiger partial charge >= 0.3 is 0 Å². The number of benzene rings is 1. The third kappa shape index (κ3) is 2.23. The number of ketones is 1. The molecule has 0 aliphatic rings. The molecular weight excluding hydrogens is 220 g/mol. The number of non-ortho nitro benzene ring substituents is 1. The fourth-order valence-electron chi connectivity index (χ4n) is 1.53. The Morgan fingerprint density at radius 3 is 2.71 bits per heavy atom. The molecule has 1 aromatic carbocycles. The summed E-state index contributed by atoms with van der Waals surface area (Å²) < 4.78 is 1.68. The van der Waals surface area contributed by atoms with Crippen LogP contribution in [-0.4, -0.2) is 15.3 Å². The van der Waals surface area contributed by atoms with Gasteiger partial charge in [-0.2, -0.15) is 0 Å². The number of nitro groups is 1. The van der Waals surface area contributed by atoms with E-state index in [1.807, 2.05) is 0 Å². The van der Waals surface area contributed by atoms with Crippen molar-refractivity contribution in [3.8, 4) is 5.69 Å². The molecule has 17 heavy (non-hydrogen) atoms. The SMILES string of the molecule is CC(=O)c1ccn(-c2cccc([N+](=O)[O-])c2)c1. The first-order chi connectivity index (χ1) is 8.08. The van der Waals surface area contributed by atoms with Gasteiger partial charge in [-0.15, -0.1) is 0 Å². The summed E-state index contributed by atoms with van der Waals surface area (Å²) in [6, 6.07) is 7.93. The Labute approximate surface area is 97.5 Å². The molecule has 0 unspecified atom stereocenters. The summed E-state index contributed by atoms with van der Waals surface area (Å²) in [6.07, 6.45) is 3.36. The first-order valence-electron chi connectivity index (χ1n) is 5.01. The second-order valence-electron chi connectivity index (χ2n) is 3.64. The zero-order valence-corrected chi connectivity index (χ0v) is 9.16. The Morgan fingerprint density at radius 2 is 2.12 bits per heavy atom. The van der Waals surface area contributed by atoms with Crippen LogP contribution < -0.4 is 0 Å². The lowest BCUT2D eigenvalue weighted by Gasteiger charge is -2.01. The van der Waals surface area contributed by atoms with Gasteiger partial charge in [-0.1, -0.05) is 6.07 Å². The third-order valence-corrected chi connectivity index (χ3v) is 2.44. The number of carbonyl (C=O) groups excluding carboxylic acids is 1. The van der Waals surface area contributed by atoms with Crippen LogP contribution in [0.25, 0.3) is 5.69 Å². The highest BCUT2D eigenvalue weighted by Gasteiger charge is 2.08. The molecule has 0 aliphatic carbocycles. The van der Waals surface area contributed by atoms with E-state index in [1.54, 1.807) is 35.2 Å². The van der Waals surface area contributed by atoms with Crippen LogP contribution in [0.5, 0.6) is 0 Å². The predicted octanol–water partition coefficient (Wildman–Crippen LogP) is 2.59. The average Bonchev–Trinajstić information content (AvgIpc) is 2.78. The number of aromatic nitrogens is 1. The Morgan fingerprint density at radius 1 is 1.35 bits per heavy atom. The molecule has 86 valence electrons. The quantitative estimate of drug-likeness (QED) is 0.462. The number of hydrogen-bond acceptors (Lipinski definition) is 3. The molecule has 5 nitrogen and oxygen atoms in total. The molecule has 0 fully saturated rings. The van der Waals surface area contributed by atoms with E-state index in [9.17, 15) is 14.9 Å². The second kappa shape index (κ2) is 4.21. The molecule has 0 saturated heterocycles. The predicted molar refractivity (Wildman–Crippen MR) is 62.4 cm³/mol. The molecule has 1 heterocycles. The second-order valence-corrected chi connectivity index (χ2v) is 3.64. The van der Waals surface area contributed by atoms with Gasteiger partial charge < -0.3 is 4.57 Å². The maximum Gasteiger partial charge on any atom is 0.271 e. The van der Waals surface area contributed by atoms with E-state index in [0.29, 0.717) is 11.3 Å². The monoisotopic (exact) mass is 230 g/mol. The summed E-state index contributed by atoms with van der Waals surface area (Å²) in [7, 11) is 0. The van der Waals surface area contributed by atoms with Crippen LogP contribution in [0.3, 0.4) is 0 Å². The fourth-order valence-corrected chi connectivity index (χ4v) is 1.53. The normalized spacial score (nSPS) is 10.2. The van der Waals surface area contributed by atoms with Crippen LogP contribution >= 0.6 is 0 Å². The van der Waals surface area contributed by atoms with Gasteiger partial charge in [0.1, 0.15) is 0 Å². The smallest absolute Gasteiger partial charge is 0.271 e. The van der Waals surface area contributed by atoms with Crippen LogP contribution in [0.2, 0.25) is 0 Å². The van der Waals surface area contributed by atoms with Crippen molar-refractivity contribution in [1.29, 1.82) is 0 Å². The molecule has 0 saturated carbocycles. The molecule has 2 aromatic rings. The van der Waals surface area contributed by atoms with Crippen LogP contribution in [0.4, 0.5) is 5.69 Å². The van der Waals surface area contributed by atoms with Crippen molar-refractivity contribution < 1.29 is 9.72 Å². The van der Waals surface area contributed by atoms with Crippen molar-refractivity contribution in [2.24, 2.45) is 0 Å². The van der Waals surface area contributed by atoms with Gasteiger partial charge in [0.05, 0.1) is 10.6 Å². The molecular formula is C12H10N2O3. The molecule has 1 aromatic heterocycles. The summed E-state index contributed by atoms with van der Waals surface area (Å²) in [6.45, 7) is 1.48. The Hall–Kier alpha value is -2.43. The molecule has 0 bridgehead atoms. The number of rotatable bonds is 3. The first-order valence-corrected chi connectivity index (χ1v) is 5.01. The molecule has 0 radical (unpaired) electrons. The Kier molecular flexibility index (Phi) is 2.74. The minimum Gasteiger partial charge on any atom is -0.323 e. The van der Waals surface area contributed by atoms with Crippen molar-refractivity contribution in [2.45, 2.75) is 6.92 Å². The highest BCUT2D eigenvalue weighted by atomic mass is 16.6. The number of Topliss-reactive ketones (excluding diaryl/α,β-unsaturated/α-hetero) is 1. The highest BCUT2D eigenvalue weighted by Crippen LogP contribution is 2.17. The van der Waals surface area contributed by atoms with Crippen molar-refractivity contribution >= 4 is 11.5 Å². The molecule has 0 spiro atoms. The van der Waals surface area contributed by atoms with Crippen LogP contribution in [-0.2, 0) is 0 Å². The molecule has 0 atom stereocenters. The maximum atomic E-state index is 11.1. The lowest BCUT2D eigenvalue weighted by molar-refractivity contribution is -0.384. The van der Waals surface area contributed by atoms with Gasteiger partial charge in [0.2, 0.25) is 0 Å². The van der Waals surface area contributed by atoms with Gasteiger partial charge in [-0.3, -0.25) is 14.9 Å². The van der Waals surface area contributed by atoms with Crippen LogP contribution in [0.15, 0.2) is 42.7 Å². The van der Waals surface area contributed by atoms with Crippen LogP contribution in [0, 0.1) is 10.1 Å². The van der Waals surface area contributed by atoms with E-state index >= 15 is 0 Å². The topological polar surface area (TPSA) is 65.1 Å². The number of nitrogens with zero attached hydrogens (tertiary/aromatic N) is 2. The van der Waals surface area contributed by atoms with E-state index in [0.717, 1.165) is 0 Å². The maximum absolute atomic E-state index is 11.1. The number of nitro benzene ring substituents is 1. The minimum absolute atomic E-state index is 0.0283. The third-order valence-electron chi connectivity index (χ3n) is 2.44. The van der Waals surface area contributed by atoms with Crippen molar-refractivity contribution in [3.63, 3.8) is 0 Å². The van der Waals surface area contributed by atoms with Crippen LogP contribution in [0.1, 0.15) is 17.3 Å². The standard InChI is InChI=1S/C12H10N2O3/c1-9(15)10-5-6-13(8-10)11-3-2-4-12(7-11)14(16)17/h2-8H,1H3. The highest BCUT2D eigenvalue weighted by molar-refractivity contribution is 5.93. The Bertz CT molecular complexity index is 587. The summed E-state index contributed by atoms with van der Waals surface area (Å²) in [5.41, 5.74) is 1.27. The largest absolute Gasteiger partial charge is 0.323 e. The summed E-state index contributed by atoms with van der Waals surface area (Å²) in [5, 5.41) is 10.6. The summed E-state index contributed by atoms with van der Waals surface area (Å²) in [5.74, 6) is -0.0332. The average molecular weight is 230 g/mol. The van der Waals surface area contributed by atoms with Gasteiger partial charge in [0, 0.05) is 30.1 Å². The van der Waals surface area contributed by atoms with E-state index in [1.165, 1.54) is 19.1 Å². The van der Waals surface area contributed by atoms with Crippen molar-refractivity contribution in [3.05, 3.63) is 58.4 Å². The van der Waals surface area contributed by atoms with E-state index in [2.05, 4.69) is 0 Å². The lowest BCUT2D eigenvalue weighted by Crippen LogP contribution is -1.94. The van der Waals surface area contributed by atoms with Gasteiger partial charge in [-0.25, -0.2) is 0 Å². The van der Waals surface area contributed by atoms with E-state index < -0.39 is 4.92 Å². The first kappa shape index (κ1) is 11.1. The number of carbonyl (C=O) groups is 1. The fraction of sp³-hybridized carbons (Fsp3) is 0.0833. The van der Waals surface area contributed by atoms with Crippen molar-refractivity contribution in [2.75, 3.05) is 0 Å². The summed E-state index contributed by atoms with van der Waals surface area (Å²) in [4.78, 5) is 21.3. The zero-order valence-electron chi connectivity index (χ0n) is 9.16. The van der Waals surface area contributed by atoms with Crippen molar-refractivity contribution in [1.82, 2.24) is 4.57 Å². The molecule has 2 rings (SSSR count). The molecule has 0 aliphatic heterocycles. The van der Waals surface area contributed by atoms with Gasteiger partial charge in [-0.05, 0) is 19.1 Å². The molecule has 5 heteroatoms. The zero-order chi connectivity index (χ0) is 12.4. The number of hydrogen-bond donors (Lipinski definition) is 0. The summed E-state index contributed by atoms with van der Waals surface area (Å²) >= 11 is 0. The molecule has 0 amide bonds. The minimum atomic E-state index is -0.446. The Balaban J connectivity index is 2.42. The van der Waals surface area contributed by atoms with Gasteiger partial charge in [0.25, 0.3) is 5.69 Å².